The minimum atomic E-state index is -0.545. The lowest BCUT2D eigenvalue weighted by Crippen LogP contribution is -2.25. The molecule has 0 saturated carbocycles. The lowest BCUT2D eigenvalue weighted by Gasteiger charge is -2.12. The molecule has 0 spiro atoms. The van der Waals surface area contributed by atoms with E-state index in [0.29, 0.717) is 18.5 Å². The molecule has 4 nitrogen and oxygen atoms in total. The predicted octanol–water partition coefficient (Wildman–Crippen LogP) is 1.52. The fourth-order valence-corrected chi connectivity index (χ4v) is 2.08. The number of carbonyl (C=O) groups is 1. The molecule has 2 unspecified atom stereocenters. The summed E-state index contributed by atoms with van der Waals surface area (Å²) in [7, 11) is 1.38. The summed E-state index contributed by atoms with van der Waals surface area (Å²) in [5.41, 5.74) is 5.79. The van der Waals surface area contributed by atoms with Gasteiger partial charge in [-0.1, -0.05) is 0 Å². The molecule has 1 heterocycles. The SMILES string of the molecule is COc1ccc(C(=O)C2CCC(CN)O2)cc1F. The highest BCUT2D eigenvalue weighted by atomic mass is 19.1. The minimum absolute atomic E-state index is 0.0676. The van der Waals surface area contributed by atoms with Gasteiger partial charge in [0.2, 0.25) is 0 Å². The highest BCUT2D eigenvalue weighted by Crippen LogP contribution is 2.24. The molecule has 0 radical (unpaired) electrons. The Bertz CT molecular complexity index is 450. The molecule has 1 aromatic carbocycles. The van der Waals surface area contributed by atoms with E-state index < -0.39 is 11.9 Å². The van der Waals surface area contributed by atoms with Gasteiger partial charge >= 0.3 is 0 Å². The predicted molar refractivity (Wildman–Crippen MR) is 64.2 cm³/mol. The first-order valence-electron chi connectivity index (χ1n) is 5.89. The Morgan fingerprint density at radius 1 is 1.56 bits per heavy atom. The molecule has 98 valence electrons. The minimum Gasteiger partial charge on any atom is -0.494 e. The summed E-state index contributed by atoms with van der Waals surface area (Å²) < 4.78 is 23.8. The van der Waals surface area contributed by atoms with Crippen molar-refractivity contribution in [1.29, 1.82) is 0 Å². The summed E-state index contributed by atoms with van der Waals surface area (Å²) in [5.74, 6) is -0.622. The van der Waals surface area contributed by atoms with Crippen LogP contribution in [0.2, 0.25) is 0 Å². The van der Waals surface area contributed by atoms with Crippen molar-refractivity contribution in [2.75, 3.05) is 13.7 Å². The van der Waals surface area contributed by atoms with E-state index in [0.717, 1.165) is 6.42 Å². The fraction of sp³-hybridized carbons (Fsp3) is 0.462. The van der Waals surface area contributed by atoms with Gasteiger partial charge in [-0.15, -0.1) is 0 Å². The van der Waals surface area contributed by atoms with E-state index in [1.165, 1.54) is 19.2 Å². The van der Waals surface area contributed by atoms with Crippen LogP contribution in [-0.2, 0) is 4.74 Å². The zero-order valence-corrected chi connectivity index (χ0v) is 10.2. The quantitative estimate of drug-likeness (QED) is 0.826. The lowest BCUT2D eigenvalue weighted by molar-refractivity contribution is 0.0404. The molecule has 0 aromatic heterocycles. The molecule has 0 amide bonds. The third-order valence-corrected chi connectivity index (χ3v) is 3.10. The number of methoxy groups -OCH3 is 1. The third-order valence-electron chi connectivity index (χ3n) is 3.10. The van der Waals surface area contributed by atoms with Crippen molar-refractivity contribution in [2.24, 2.45) is 5.73 Å². The van der Waals surface area contributed by atoms with Crippen LogP contribution in [0.3, 0.4) is 0 Å². The second-order valence-corrected chi connectivity index (χ2v) is 4.27. The molecule has 5 heteroatoms. The molecule has 1 fully saturated rings. The van der Waals surface area contributed by atoms with E-state index in [1.54, 1.807) is 6.07 Å². The Morgan fingerprint density at radius 2 is 2.33 bits per heavy atom. The van der Waals surface area contributed by atoms with E-state index in [4.69, 9.17) is 15.2 Å². The third kappa shape index (κ3) is 2.52. The van der Waals surface area contributed by atoms with Crippen molar-refractivity contribution in [3.05, 3.63) is 29.6 Å². The van der Waals surface area contributed by atoms with Crippen LogP contribution in [0.4, 0.5) is 4.39 Å². The number of carbonyl (C=O) groups excluding carboxylic acids is 1. The van der Waals surface area contributed by atoms with E-state index in [1.807, 2.05) is 0 Å². The maximum atomic E-state index is 13.5. The lowest BCUT2D eigenvalue weighted by atomic mass is 10.0. The van der Waals surface area contributed by atoms with Crippen LogP contribution < -0.4 is 10.5 Å². The van der Waals surface area contributed by atoms with Crippen LogP contribution in [0.1, 0.15) is 23.2 Å². The van der Waals surface area contributed by atoms with Gasteiger partial charge < -0.3 is 15.2 Å². The van der Waals surface area contributed by atoms with Crippen molar-refractivity contribution in [1.82, 2.24) is 0 Å². The van der Waals surface area contributed by atoms with Gasteiger partial charge in [-0.2, -0.15) is 0 Å². The number of hydrogen-bond acceptors (Lipinski definition) is 4. The van der Waals surface area contributed by atoms with Gasteiger partial charge in [0.05, 0.1) is 13.2 Å². The Morgan fingerprint density at radius 3 is 2.89 bits per heavy atom. The van der Waals surface area contributed by atoms with Crippen molar-refractivity contribution in [3.63, 3.8) is 0 Å². The smallest absolute Gasteiger partial charge is 0.191 e. The summed E-state index contributed by atoms with van der Waals surface area (Å²) in [6, 6.07) is 4.17. The number of halogens is 1. The van der Waals surface area contributed by atoms with Gasteiger partial charge in [0.15, 0.2) is 17.3 Å². The summed E-state index contributed by atoms with van der Waals surface area (Å²) >= 11 is 0. The van der Waals surface area contributed by atoms with Crippen molar-refractivity contribution < 1.29 is 18.7 Å². The summed E-state index contributed by atoms with van der Waals surface area (Å²) in [6.07, 6.45) is 0.827. The van der Waals surface area contributed by atoms with E-state index in [9.17, 15) is 9.18 Å². The van der Waals surface area contributed by atoms with Crippen LogP contribution in [0, 0.1) is 5.82 Å². The number of hydrogen-bond donors (Lipinski definition) is 1. The van der Waals surface area contributed by atoms with Gasteiger partial charge in [-0.05, 0) is 31.0 Å². The molecule has 2 rings (SSSR count). The first-order chi connectivity index (χ1) is 8.65. The Kier molecular flexibility index (Phi) is 3.93. The molecule has 18 heavy (non-hydrogen) atoms. The Labute approximate surface area is 105 Å². The Hall–Kier alpha value is -1.46. The van der Waals surface area contributed by atoms with Gasteiger partial charge in [0.1, 0.15) is 6.10 Å². The van der Waals surface area contributed by atoms with Crippen LogP contribution in [0.5, 0.6) is 5.75 Å². The second-order valence-electron chi connectivity index (χ2n) is 4.27. The molecule has 0 aliphatic carbocycles. The second kappa shape index (κ2) is 5.46. The van der Waals surface area contributed by atoms with Crippen molar-refractivity contribution in [2.45, 2.75) is 25.0 Å². The highest BCUT2D eigenvalue weighted by molar-refractivity contribution is 5.99. The largest absolute Gasteiger partial charge is 0.494 e. The molecule has 0 bridgehead atoms. The highest BCUT2D eigenvalue weighted by Gasteiger charge is 2.30. The molecule has 1 aliphatic heterocycles. The van der Waals surface area contributed by atoms with Crippen LogP contribution >= 0.6 is 0 Å². The molecular weight excluding hydrogens is 237 g/mol. The average Bonchev–Trinajstić information content (AvgIpc) is 2.86. The summed E-state index contributed by atoms with van der Waals surface area (Å²) in [5, 5.41) is 0. The fourth-order valence-electron chi connectivity index (χ4n) is 2.08. The molecular formula is C13H16FNO3. The first kappa shape index (κ1) is 13.0. The Balaban J connectivity index is 2.12. The van der Waals surface area contributed by atoms with Gasteiger partial charge in [0, 0.05) is 12.1 Å². The molecule has 2 atom stereocenters. The topological polar surface area (TPSA) is 61.5 Å². The average molecular weight is 253 g/mol. The zero-order valence-electron chi connectivity index (χ0n) is 10.2. The number of ether oxygens (including phenoxy) is 2. The summed E-state index contributed by atoms with van der Waals surface area (Å²) in [6.45, 7) is 0.404. The molecule has 2 N–H and O–H groups in total. The maximum Gasteiger partial charge on any atom is 0.191 e. The molecule has 1 aromatic rings. The normalized spacial score (nSPS) is 23.1. The number of ketones is 1. The van der Waals surface area contributed by atoms with E-state index in [-0.39, 0.29) is 17.6 Å². The van der Waals surface area contributed by atoms with Crippen LogP contribution in [-0.4, -0.2) is 31.6 Å². The van der Waals surface area contributed by atoms with Crippen molar-refractivity contribution >= 4 is 5.78 Å². The summed E-state index contributed by atoms with van der Waals surface area (Å²) in [4.78, 5) is 12.1. The number of rotatable bonds is 4. The number of benzene rings is 1. The van der Waals surface area contributed by atoms with Crippen LogP contribution in [0.15, 0.2) is 18.2 Å². The maximum absolute atomic E-state index is 13.5. The van der Waals surface area contributed by atoms with E-state index >= 15 is 0 Å². The van der Waals surface area contributed by atoms with Crippen LogP contribution in [0.25, 0.3) is 0 Å². The zero-order chi connectivity index (χ0) is 13.1. The molecule has 1 saturated heterocycles. The van der Waals surface area contributed by atoms with Gasteiger partial charge in [-0.3, -0.25) is 4.79 Å². The van der Waals surface area contributed by atoms with Crippen molar-refractivity contribution in [3.8, 4) is 5.75 Å². The monoisotopic (exact) mass is 253 g/mol. The first-order valence-corrected chi connectivity index (χ1v) is 5.89. The van der Waals surface area contributed by atoms with Gasteiger partial charge in [0.25, 0.3) is 0 Å². The number of nitrogens with two attached hydrogens (primary N) is 1. The van der Waals surface area contributed by atoms with Gasteiger partial charge in [-0.25, -0.2) is 4.39 Å². The molecule has 1 aliphatic rings. The van der Waals surface area contributed by atoms with E-state index in [2.05, 4.69) is 0 Å². The standard InChI is InChI=1S/C13H16FNO3/c1-17-11-4-2-8(6-10(11)14)13(16)12-5-3-9(7-15)18-12/h2,4,6,9,12H,3,5,7,15H2,1H3. The number of Topliss-reactive ketones (excluding diaryl/α,β-unsaturated/α-hetero) is 1.